The Labute approximate surface area is 166 Å². The molecule has 2 saturated carbocycles. The maximum absolute atomic E-state index is 13.6. The quantitative estimate of drug-likeness (QED) is 0.749. The van der Waals surface area contributed by atoms with Crippen LogP contribution >= 0.6 is 0 Å². The van der Waals surface area contributed by atoms with E-state index in [-0.39, 0.29) is 5.91 Å². The second kappa shape index (κ2) is 6.47. The highest BCUT2D eigenvalue weighted by atomic mass is 16.2. The summed E-state index contributed by atoms with van der Waals surface area (Å²) >= 11 is 0. The maximum atomic E-state index is 13.6. The standard InChI is InChI=1S/C24H29N3O/c28-24(26-9-5-2-6-10-26)22-21-18-12-16-11-17(13-18)15-19(14-16)23(21)27(25-22)20-7-3-1-4-8-20/h1,3-4,7-8,16-19H,2,5-6,9-15H2. The third-order valence-corrected chi connectivity index (χ3v) is 7.74. The van der Waals surface area contributed by atoms with Gasteiger partial charge in [-0.2, -0.15) is 5.10 Å². The molecule has 1 aliphatic heterocycles. The van der Waals surface area contributed by atoms with Gasteiger partial charge in [0.1, 0.15) is 0 Å². The predicted octanol–water partition coefficient (Wildman–Crippen LogP) is 4.89. The number of rotatable bonds is 2. The Kier molecular flexibility index (Phi) is 3.88. The number of hydrogen-bond acceptors (Lipinski definition) is 2. The zero-order chi connectivity index (χ0) is 18.7. The SMILES string of the molecule is O=C(c1nn(-c2ccccc2)c2c1C1CC3CC(C1)CC2C3)N1CCCCC1. The van der Waals surface area contributed by atoms with Crippen molar-refractivity contribution < 1.29 is 4.79 Å². The number of piperidine rings is 1. The van der Waals surface area contributed by atoms with Gasteiger partial charge in [0.25, 0.3) is 5.91 Å². The molecule has 1 saturated heterocycles. The van der Waals surface area contributed by atoms with Crippen molar-refractivity contribution in [2.24, 2.45) is 11.8 Å². The summed E-state index contributed by atoms with van der Waals surface area (Å²) in [6.45, 7) is 1.79. The Hall–Kier alpha value is -2.10. The van der Waals surface area contributed by atoms with Gasteiger partial charge in [0, 0.05) is 24.6 Å². The number of amides is 1. The van der Waals surface area contributed by atoms with Crippen LogP contribution in [0.5, 0.6) is 0 Å². The molecule has 1 amide bonds. The molecule has 0 N–H and O–H groups in total. The van der Waals surface area contributed by atoms with Gasteiger partial charge in [0.05, 0.1) is 11.4 Å². The molecular weight excluding hydrogens is 346 g/mol. The van der Waals surface area contributed by atoms with Gasteiger partial charge >= 0.3 is 0 Å². The minimum absolute atomic E-state index is 0.187. The molecule has 7 rings (SSSR count). The topological polar surface area (TPSA) is 38.1 Å². The first-order chi connectivity index (χ1) is 13.8. The van der Waals surface area contributed by atoms with Crippen LogP contribution in [0.15, 0.2) is 30.3 Å². The van der Waals surface area contributed by atoms with Gasteiger partial charge in [-0.15, -0.1) is 0 Å². The zero-order valence-electron chi connectivity index (χ0n) is 16.5. The average Bonchev–Trinajstić information content (AvgIpc) is 3.06. The summed E-state index contributed by atoms with van der Waals surface area (Å²) in [5.41, 5.74) is 4.59. The molecule has 2 aromatic rings. The number of aromatic nitrogens is 2. The largest absolute Gasteiger partial charge is 0.337 e. The summed E-state index contributed by atoms with van der Waals surface area (Å²) in [5.74, 6) is 2.98. The predicted molar refractivity (Wildman–Crippen MR) is 109 cm³/mol. The van der Waals surface area contributed by atoms with Crippen molar-refractivity contribution in [2.45, 2.75) is 63.2 Å². The number of para-hydroxylation sites is 1. The van der Waals surface area contributed by atoms with Crippen LogP contribution in [0.2, 0.25) is 0 Å². The first-order valence-electron chi connectivity index (χ1n) is 11.3. The molecule has 2 unspecified atom stereocenters. The van der Waals surface area contributed by atoms with E-state index in [1.165, 1.54) is 49.8 Å². The van der Waals surface area contributed by atoms with E-state index in [2.05, 4.69) is 39.9 Å². The lowest BCUT2D eigenvalue weighted by atomic mass is 9.67. The summed E-state index contributed by atoms with van der Waals surface area (Å²) in [4.78, 5) is 15.6. The van der Waals surface area contributed by atoms with Crippen LogP contribution in [0.3, 0.4) is 0 Å². The van der Waals surface area contributed by atoms with Crippen LogP contribution in [0, 0.1) is 11.8 Å². The molecular formula is C24H29N3O. The van der Waals surface area contributed by atoms with Crippen LogP contribution in [-0.2, 0) is 0 Å². The monoisotopic (exact) mass is 375 g/mol. The van der Waals surface area contributed by atoms with Crippen LogP contribution in [-0.4, -0.2) is 33.7 Å². The molecule has 3 fully saturated rings. The van der Waals surface area contributed by atoms with Crippen molar-refractivity contribution in [2.75, 3.05) is 13.1 Å². The number of benzene rings is 1. The Morgan fingerprint density at radius 3 is 2.25 bits per heavy atom. The Balaban J connectivity index is 1.52. The lowest BCUT2D eigenvalue weighted by Gasteiger charge is -2.38. The van der Waals surface area contributed by atoms with E-state index >= 15 is 0 Å². The highest BCUT2D eigenvalue weighted by Gasteiger charge is 2.46. The Morgan fingerprint density at radius 1 is 0.857 bits per heavy atom. The van der Waals surface area contributed by atoms with E-state index in [9.17, 15) is 4.79 Å². The summed E-state index contributed by atoms with van der Waals surface area (Å²) in [5, 5.41) is 5.03. The van der Waals surface area contributed by atoms with Crippen molar-refractivity contribution in [1.82, 2.24) is 14.7 Å². The third-order valence-electron chi connectivity index (χ3n) is 7.74. The summed E-state index contributed by atoms with van der Waals surface area (Å²) < 4.78 is 2.15. The van der Waals surface area contributed by atoms with Gasteiger partial charge in [0.15, 0.2) is 5.69 Å². The molecule has 4 heteroatoms. The third kappa shape index (κ3) is 2.57. The molecule has 4 bridgehead atoms. The smallest absolute Gasteiger partial charge is 0.274 e. The highest BCUT2D eigenvalue weighted by molar-refractivity contribution is 5.94. The molecule has 5 aliphatic rings. The Bertz CT molecular complexity index is 882. The van der Waals surface area contributed by atoms with Crippen LogP contribution in [0.1, 0.15) is 84.9 Å². The summed E-state index contributed by atoms with van der Waals surface area (Å²) in [7, 11) is 0. The molecule has 146 valence electrons. The highest BCUT2D eigenvalue weighted by Crippen LogP contribution is 2.57. The van der Waals surface area contributed by atoms with Gasteiger partial charge in [-0.3, -0.25) is 4.79 Å². The second-order valence-electron chi connectivity index (χ2n) is 9.55. The van der Waals surface area contributed by atoms with Crippen LogP contribution in [0.4, 0.5) is 0 Å². The normalized spacial score (nSPS) is 30.9. The fourth-order valence-corrected chi connectivity index (χ4v) is 6.72. The number of hydrogen-bond donors (Lipinski definition) is 0. The van der Waals surface area contributed by atoms with E-state index < -0.39 is 0 Å². The van der Waals surface area contributed by atoms with Gasteiger partial charge in [0.2, 0.25) is 0 Å². The van der Waals surface area contributed by atoms with Gasteiger partial charge in [-0.1, -0.05) is 18.2 Å². The van der Waals surface area contributed by atoms with Gasteiger partial charge in [-0.05, 0) is 81.3 Å². The lowest BCUT2D eigenvalue weighted by molar-refractivity contribution is 0.0714. The van der Waals surface area contributed by atoms with E-state index in [1.807, 2.05) is 0 Å². The van der Waals surface area contributed by atoms with Crippen molar-refractivity contribution in [1.29, 1.82) is 0 Å². The number of carbonyl (C=O) groups excluding carboxylic acids is 1. The first kappa shape index (κ1) is 16.8. The molecule has 4 aliphatic carbocycles. The van der Waals surface area contributed by atoms with Crippen molar-refractivity contribution in [3.05, 3.63) is 47.3 Å². The minimum Gasteiger partial charge on any atom is -0.337 e. The van der Waals surface area contributed by atoms with E-state index in [0.717, 1.165) is 49.1 Å². The molecule has 28 heavy (non-hydrogen) atoms. The fourth-order valence-electron chi connectivity index (χ4n) is 6.72. The molecule has 2 atom stereocenters. The van der Waals surface area contributed by atoms with E-state index in [4.69, 9.17) is 5.10 Å². The van der Waals surface area contributed by atoms with Gasteiger partial charge < -0.3 is 4.90 Å². The summed E-state index contributed by atoms with van der Waals surface area (Å²) in [6, 6.07) is 10.5. The van der Waals surface area contributed by atoms with Crippen molar-refractivity contribution >= 4 is 5.91 Å². The summed E-state index contributed by atoms with van der Waals surface area (Å²) in [6.07, 6.45) is 10.0. The molecule has 1 aromatic heterocycles. The van der Waals surface area contributed by atoms with E-state index in [0.29, 0.717) is 11.8 Å². The van der Waals surface area contributed by atoms with Crippen molar-refractivity contribution in [3.63, 3.8) is 0 Å². The lowest BCUT2D eigenvalue weighted by Crippen LogP contribution is -2.36. The molecule has 0 radical (unpaired) electrons. The number of likely N-dealkylation sites (tertiary alicyclic amines) is 1. The minimum atomic E-state index is 0.187. The number of nitrogens with zero attached hydrogens (tertiary/aromatic N) is 3. The zero-order valence-corrected chi connectivity index (χ0v) is 16.5. The average molecular weight is 376 g/mol. The Morgan fingerprint density at radius 2 is 1.54 bits per heavy atom. The second-order valence-corrected chi connectivity index (χ2v) is 9.55. The van der Waals surface area contributed by atoms with E-state index in [1.54, 1.807) is 0 Å². The molecule has 2 heterocycles. The first-order valence-corrected chi connectivity index (χ1v) is 11.3. The number of carbonyl (C=O) groups is 1. The molecule has 1 aromatic carbocycles. The van der Waals surface area contributed by atoms with Crippen LogP contribution < -0.4 is 0 Å². The molecule has 4 nitrogen and oxygen atoms in total. The van der Waals surface area contributed by atoms with Crippen molar-refractivity contribution in [3.8, 4) is 5.69 Å². The maximum Gasteiger partial charge on any atom is 0.274 e. The van der Waals surface area contributed by atoms with Gasteiger partial charge in [-0.25, -0.2) is 4.68 Å². The van der Waals surface area contributed by atoms with Crippen LogP contribution in [0.25, 0.3) is 5.69 Å². The molecule has 0 spiro atoms. The fraction of sp³-hybridized carbons (Fsp3) is 0.583.